The topological polar surface area (TPSA) is 173 Å². The van der Waals surface area contributed by atoms with E-state index in [0.717, 1.165) is 18.3 Å². The zero-order chi connectivity index (χ0) is 32.2. The third-order valence-electron chi connectivity index (χ3n) is 5.71. The molecule has 16 heteroatoms. The Morgan fingerprint density at radius 2 is 1.77 bits per heavy atom. The van der Waals surface area contributed by atoms with Gasteiger partial charge in [0.1, 0.15) is 11.6 Å². The van der Waals surface area contributed by atoms with Crippen molar-refractivity contribution in [1.82, 2.24) is 9.97 Å². The summed E-state index contributed by atoms with van der Waals surface area (Å²) in [5, 5.41) is 38.8. The molecule has 0 aliphatic heterocycles. The van der Waals surface area contributed by atoms with Crippen molar-refractivity contribution in [3.63, 3.8) is 0 Å². The van der Waals surface area contributed by atoms with Crippen molar-refractivity contribution in [2.45, 2.75) is 65.0 Å². The second-order valence-electron chi connectivity index (χ2n) is 9.53. The number of hydrogen-bond donors (Lipinski definition) is 4. The molecule has 13 nitrogen and oxygen atoms in total. The van der Waals surface area contributed by atoms with Gasteiger partial charge in [-0.3, -0.25) is 8.87 Å². The summed E-state index contributed by atoms with van der Waals surface area (Å²) < 4.78 is 50.5. The van der Waals surface area contributed by atoms with E-state index in [4.69, 9.17) is 33.3 Å². The molecule has 0 radical (unpaired) electrons. The average molecular weight is 650 g/mol. The van der Waals surface area contributed by atoms with Crippen LogP contribution < -0.4 is 9.04 Å². The fraction of sp³-hybridized carbons (Fsp3) is 0.556. The molecule has 0 unspecified atom stereocenters. The van der Waals surface area contributed by atoms with Gasteiger partial charge in [0.25, 0.3) is 0 Å². The van der Waals surface area contributed by atoms with E-state index in [-0.39, 0.29) is 49.4 Å². The third kappa shape index (κ3) is 11.7. The number of aliphatic hydroxyl groups excluding tert-OH is 3. The van der Waals surface area contributed by atoms with Gasteiger partial charge in [-0.15, -0.1) is 4.33 Å². The van der Waals surface area contributed by atoms with Gasteiger partial charge in [0.2, 0.25) is 5.95 Å². The van der Waals surface area contributed by atoms with Crippen LogP contribution in [0.25, 0.3) is 17.3 Å². The SMILES string of the molecule is CCOP(=O)(COc1cc(F)ccc1-c1nc(N(C)SOOC)nc(C(C)C)c1/C=C/[C@@H](O)C[C@@H](O)CC(O)O)OCC. The van der Waals surface area contributed by atoms with Crippen LogP contribution in [0, 0.1) is 5.82 Å². The highest BCUT2D eigenvalue weighted by Crippen LogP contribution is 2.49. The summed E-state index contributed by atoms with van der Waals surface area (Å²) >= 11 is 0.819. The van der Waals surface area contributed by atoms with E-state index in [1.807, 2.05) is 13.8 Å². The van der Waals surface area contributed by atoms with Crippen molar-refractivity contribution in [3.8, 4) is 17.0 Å². The first-order valence-electron chi connectivity index (χ1n) is 13.6. The van der Waals surface area contributed by atoms with E-state index < -0.39 is 38.3 Å². The van der Waals surface area contributed by atoms with Crippen molar-refractivity contribution >= 4 is 31.8 Å². The molecule has 0 saturated carbocycles. The molecule has 1 heterocycles. The van der Waals surface area contributed by atoms with Crippen molar-refractivity contribution in [2.24, 2.45) is 0 Å². The summed E-state index contributed by atoms with van der Waals surface area (Å²) in [5.74, 6) is -0.580. The van der Waals surface area contributed by atoms with Crippen molar-refractivity contribution in [3.05, 3.63) is 41.3 Å². The molecule has 0 aliphatic carbocycles. The predicted octanol–water partition coefficient (Wildman–Crippen LogP) is 4.41. The molecule has 0 fully saturated rings. The van der Waals surface area contributed by atoms with Crippen LogP contribution in [0.5, 0.6) is 5.75 Å². The molecule has 0 aliphatic rings. The molecule has 0 bridgehead atoms. The van der Waals surface area contributed by atoms with Crippen LogP contribution in [-0.2, 0) is 22.8 Å². The van der Waals surface area contributed by atoms with Crippen LogP contribution in [-0.4, -0.2) is 82.6 Å². The van der Waals surface area contributed by atoms with Gasteiger partial charge < -0.3 is 34.2 Å². The van der Waals surface area contributed by atoms with E-state index in [2.05, 4.69) is 9.87 Å². The summed E-state index contributed by atoms with van der Waals surface area (Å²) in [7, 11) is -0.674. The molecule has 2 atom stereocenters. The molecule has 0 spiro atoms. The van der Waals surface area contributed by atoms with Gasteiger partial charge in [-0.05, 0) is 31.9 Å². The first kappa shape index (κ1) is 37.0. The largest absolute Gasteiger partial charge is 0.480 e. The quantitative estimate of drug-likeness (QED) is 0.0421. The van der Waals surface area contributed by atoms with Crippen LogP contribution in [0.4, 0.5) is 10.3 Å². The minimum absolute atomic E-state index is 0.00462. The molecule has 4 N–H and O–H groups in total. The van der Waals surface area contributed by atoms with Gasteiger partial charge in [0.15, 0.2) is 24.9 Å². The molecule has 0 saturated heterocycles. The summed E-state index contributed by atoms with van der Waals surface area (Å²) in [4.78, 5) is 14.1. The second-order valence-corrected chi connectivity index (χ2v) is 12.4. The number of nitrogens with zero attached hydrogens (tertiary/aromatic N) is 3. The van der Waals surface area contributed by atoms with Gasteiger partial charge >= 0.3 is 7.60 Å². The van der Waals surface area contributed by atoms with Crippen LogP contribution >= 0.6 is 19.8 Å². The lowest BCUT2D eigenvalue weighted by molar-refractivity contribution is -0.160. The minimum atomic E-state index is -3.66. The van der Waals surface area contributed by atoms with E-state index >= 15 is 0 Å². The number of anilines is 1. The first-order chi connectivity index (χ1) is 20.3. The van der Waals surface area contributed by atoms with Crippen molar-refractivity contribution < 1.29 is 52.4 Å². The minimum Gasteiger partial charge on any atom is -0.480 e. The Morgan fingerprint density at radius 3 is 2.35 bits per heavy atom. The number of hydrogen-bond acceptors (Lipinski definition) is 14. The maximum absolute atomic E-state index is 14.5. The monoisotopic (exact) mass is 649 g/mol. The second kappa shape index (κ2) is 18.0. The summed E-state index contributed by atoms with van der Waals surface area (Å²) in [5.41, 5.74) is 1.60. The smallest absolute Gasteiger partial charge is 0.367 e. The average Bonchev–Trinajstić information content (AvgIpc) is 2.93. The van der Waals surface area contributed by atoms with Crippen LogP contribution in [0.15, 0.2) is 24.3 Å². The van der Waals surface area contributed by atoms with Gasteiger partial charge in [0, 0.05) is 37.1 Å². The Hall–Kier alpha value is -2.17. The molecular weight excluding hydrogens is 608 g/mol. The Bertz CT molecular complexity index is 1230. The molecule has 0 amide bonds. The highest BCUT2D eigenvalue weighted by atomic mass is 32.2. The number of aliphatic hydroxyl groups is 4. The third-order valence-corrected chi connectivity index (χ3v) is 8.04. The zero-order valence-electron chi connectivity index (χ0n) is 25.0. The van der Waals surface area contributed by atoms with E-state index in [1.165, 1.54) is 29.6 Å². The number of halogens is 1. The van der Waals surface area contributed by atoms with Crippen molar-refractivity contribution in [2.75, 3.05) is 38.0 Å². The Balaban J connectivity index is 2.70. The molecule has 2 aromatic rings. The zero-order valence-corrected chi connectivity index (χ0v) is 26.8. The first-order valence-corrected chi connectivity index (χ1v) is 16.0. The van der Waals surface area contributed by atoms with Crippen LogP contribution in [0.1, 0.15) is 57.7 Å². The molecular formula is C27H41FN3O10PS. The van der Waals surface area contributed by atoms with Gasteiger partial charge in [-0.2, -0.15) is 0 Å². The molecule has 2 rings (SSSR count). The summed E-state index contributed by atoms with van der Waals surface area (Å²) in [6.45, 7) is 7.35. The van der Waals surface area contributed by atoms with Gasteiger partial charge in [-0.1, -0.05) is 26.0 Å². The lowest BCUT2D eigenvalue weighted by Crippen LogP contribution is -2.21. The summed E-state index contributed by atoms with van der Waals surface area (Å²) in [6.07, 6.45) is -2.06. The normalized spacial score (nSPS) is 13.7. The lowest BCUT2D eigenvalue weighted by atomic mass is 9.96. The highest BCUT2D eigenvalue weighted by molar-refractivity contribution is 7.95. The van der Waals surface area contributed by atoms with Crippen LogP contribution in [0.3, 0.4) is 0 Å². The fourth-order valence-corrected chi connectivity index (χ4v) is 5.51. The number of benzene rings is 1. The standard InChI is InChI=1S/C27H41FN3O10PS/c1-7-39-42(36,40-8-2)16-38-23-13-18(28)9-11-21(23)26-22(12-10-19(32)14-20(33)15-24(34)35)25(17(3)4)29-27(30-26)31(5)43-41-37-6/h9-13,17,19-20,24,32-35H,7-8,14-16H2,1-6H3/b12-10+/t19-,20-/m1/s1. The molecule has 43 heavy (non-hydrogen) atoms. The van der Waals surface area contributed by atoms with E-state index in [1.54, 1.807) is 27.0 Å². The highest BCUT2D eigenvalue weighted by Gasteiger charge is 2.27. The molecule has 242 valence electrons. The van der Waals surface area contributed by atoms with E-state index in [9.17, 15) is 19.2 Å². The maximum atomic E-state index is 14.5. The Kier molecular flexibility index (Phi) is 15.5. The maximum Gasteiger partial charge on any atom is 0.367 e. The Labute approximate surface area is 255 Å². The lowest BCUT2D eigenvalue weighted by Gasteiger charge is -2.22. The number of ether oxygens (including phenoxy) is 1. The number of rotatable bonds is 19. The number of aromatic nitrogens is 2. The van der Waals surface area contributed by atoms with Gasteiger partial charge in [0.05, 0.1) is 43.9 Å². The molecule has 1 aromatic carbocycles. The Morgan fingerprint density at radius 1 is 1.09 bits per heavy atom. The molecule has 1 aromatic heterocycles. The fourth-order valence-electron chi connectivity index (χ4n) is 3.90. The van der Waals surface area contributed by atoms with Crippen molar-refractivity contribution in [1.29, 1.82) is 0 Å². The summed E-state index contributed by atoms with van der Waals surface area (Å²) in [6, 6.07) is 3.79. The van der Waals surface area contributed by atoms with E-state index in [0.29, 0.717) is 16.8 Å². The van der Waals surface area contributed by atoms with Gasteiger partial charge in [-0.25, -0.2) is 19.2 Å². The predicted molar refractivity (Wildman–Crippen MR) is 160 cm³/mol. The van der Waals surface area contributed by atoms with Crippen LogP contribution in [0.2, 0.25) is 0 Å².